The van der Waals surface area contributed by atoms with Crippen molar-refractivity contribution in [3.63, 3.8) is 0 Å². The van der Waals surface area contributed by atoms with E-state index in [1.165, 1.54) is 12.1 Å². The van der Waals surface area contributed by atoms with Gasteiger partial charge in [0.25, 0.3) is 0 Å². The average molecular weight is 273 g/mol. The number of nitrogens with zero attached hydrogens (tertiary/aromatic N) is 2. The fraction of sp³-hybridized carbons (Fsp3) is 0.333. The molecule has 2 aromatic rings. The Kier molecular flexibility index (Phi) is 4.04. The van der Waals surface area contributed by atoms with E-state index in [1.807, 2.05) is 6.92 Å². The quantitative estimate of drug-likeness (QED) is 0.930. The van der Waals surface area contributed by atoms with Crippen LogP contribution in [-0.4, -0.2) is 28.9 Å². The minimum atomic E-state index is -0.308. The molecule has 5 heteroatoms. The van der Waals surface area contributed by atoms with E-state index in [0.717, 1.165) is 10.9 Å². The first-order chi connectivity index (χ1) is 9.52. The summed E-state index contributed by atoms with van der Waals surface area (Å²) in [5, 5.41) is 9.51. The predicted molar refractivity (Wildman–Crippen MR) is 74.4 cm³/mol. The highest BCUT2D eigenvalue weighted by atomic mass is 19.1. The van der Waals surface area contributed by atoms with Crippen LogP contribution in [-0.2, 0) is 11.2 Å². The number of likely N-dealkylation sites (N-methyl/N-ethyl adjacent to an activating group) is 1. The maximum Gasteiger partial charge on any atom is 0.227 e. The Labute approximate surface area is 116 Å². The molecule has 0 bridgehead atoms. The summed E-state index contributed by atoms with van der Waals surface area (Å²) in [7, 11) is 1.69. The van der Waals surface area contributed by atoms with Gasteiger partial charge in [0.2, 0.25) is 5.91 Å². The van der Waals surface area contributed by atoms with E-state index in [-0.39, 0.29) is 24.2 Å². The molecule has 0 fully saturated rings. The van der Waals surface area contributed by atoms with Crippen molar-refractivity contribution in [3.8, 4) is 6.07 Å². The molecule has 1 heterocycles. The molecule has 104 valence electrons. The van der Waals surface area contributed by atoms with Crippen molar-refractivity contribution < 1.29 is 9.18 Å². The number of carbonyl (C=O) groups excluding carboxylic acids is 1. The topological polar surface area (TPSA) is 59.9 Å². The summed E-state index contributed by atoms with van der Waals surface area (Å²) < 4.78 is 13.1. The highest BCUT2D eigenvalue weighted by Gasteiger charge is 2.17. The summed E-state index contributed by atoms with van der Waals surface area (Å²) in [5.74, 6) is -0.366. The zero-order valence-corrected chi connectivity index (χ0v) is 11.5. The lowest BCUT2D eigenvalue weighted by atomic mass is 10.1. The van der Waals surface area contributed by atoms with E-state index in [9.17, 15) is 9.18 Å². The standard InChI is InChI=1S/C15H16FN3O/c1-10(5-6-17)19(2)15(20)7-11-9-18-14-8-12(16)3-4-13(11)14/h3-4,8-10,18H,5,7H2,1-2H3. The first kappa shape index (κ1) is 14.1. The third kappa shape index (κ3) is 2.80. The van der Waals surface area contributed by atoms with Crippen molar-refractivity contribution in [1.29, 1.82) is 5.26 Å². The number of hydrogen-bond donors (Lipinski definition) is 1. The third-order valence-electron chi connectivity index (χ3n) is 3.51. The molecule has 0 aliphatic rings. The summed E-state index contributed by atoms with van der Waals surface area (Å²) in [5.41, 5.74) is 1.52. The monoisotopic (exact) mass is 273 g/mol. The number of benzene rings is 1. The number of fused-ring (bicyclic) bond motifs is 1. The fourth-order valence-electron chi connectivity index (χ4n) is 2.11. The van der Waals surface area contributed by atoms with Gasteiger partial charge in [0.05, 0.1) is 18.9 Å². The zero-order chi connectivity index (χ0) is 14.7. The maximum absolute atomic E-state index is 13.1. The van der Waals surface area contributed by atoms with Gasteiger partial charge < -0.3 is 9.88 Å². The smallest absolute Gasteiger partial charge is 0.227 e. The van der Waals surface area contributed by atoms with Crippen molar-refractivity contribution in [1.82, 2.24) is 9.88 Å². The largest absolute Gasteiger partial charge is 0.361 e. The maximum atomic E-state index is 13.1. The summed E-state index contributed by atoms with van der Waals surface area (Å²) in [6.07, 6.45) is 2.27. The van der Waals surface area contributed by atoms with Gasteiger partial charge in [-0.1, -0.05) is 0 Å². The Bertz CT molecular complexity index is 671. The number of aromatic nitrogens is 1. The molecular formula is C15H16FN3O. The zero-order valence-electron chi connectivity index (χ0n) is 11.5. The van der Waals surface area contributed by atoms with Gasteiger partial charge in [-0.05, 0) is 30.7 Å². The molecule has 0 aliphatic carbocycles. The van der Waals surface area contributed by atoms with Gasteiger partial charge >= 0.3 is 0 Å². The van der Waals surface area contributed by atoms with Gasteiger partial charge in [0.1, 0.15) is 5.82 Å². The molecule has 1 aromatic carbocycles. The summed E-state index contributed by atoms with van der Waals surface area (Å²) in [6.45, 7) is 1.84. The lowest BCUT2D eigenvalue weighted by Gasteiger charge is -2.22. The summed E-state index contributed by atoms with van der Waals surface area (Å²) in [4.78, 5) is 16.7. The molecule has 1 amide bonds. The van der Waals surface area contributed by atoms with Crippen LogP contribution in [0.3, 0.4) is 0 Å². The lowest BCUT2D eigenvalue weighted by molar-refractivity contribution is -0.130. The van der Waals surface area contributed by atoms with Gasteiger partial charge in [-0.3, -0.25) is 4.79 Å². The number of aromatic amines is 1. The Morgan fingerprint density at radius 2 is 2.30 bits per heavy atom. The molecule has 0 saturated carbocycles. The first-order valence-corrected chi connectivity index (χ1v) is 6.41. The Morgan fingerprint density at radius 3 is 3.00 bits per heavy atom. The minimum absolute atomic E-state index is 0.0574. The van der Waals surface area contributed by atoms with Crippen molar-refractivity contribution >= 4 is 16.8 Å². The Balaban J connectivity index is 2.16. The molecule has 0 radical (unpaired) electrons. The molecule has 0 spiro atoms. The van der Waals surface area contributed by atoms with E-state index in [4.69, 9.17) is 5.26 Å². The van der Waals surface area contributed by atoms with Crippen LogP contribution in [0.15, 0.2) is 24.4 Å². The number of nitriles is 1. The number of nitrogens with one attached hydrogen (secondary N) is 1. The molecule has 1 unspecified atom stereocenters. The molecule has 4 nitrogen and oxygen atoms in total. The van der Waals surface area contributed by atoms with Crippen LogP contribution >= 0.6 is 0 Å². The number of hydrogen-bond acceptors (Lipinski definition) is 2. The average Bonchev–Trinajstić information content (AvgIpc) is 2.80. The first-order valence-electron chi connectivity index (χ1n) is 6.41. The second-order valence-electron chi connectivity index (χ2n) is 4.90. The van der Waals surface area contributed by atoms with Crippen LogP contribution in [0.5, 0.6) is 0 Å². The second-order valence-corrected chi connectivity index (χ2v) is 4.90. The number of rotatable bonds is 4. The predicted octanol–water partition coefficient (Wildman–Crippen LogP) is 2.61. The molecule has 1 aromatic heterocycles. The molecule has 0 saturated heterocycles. The van der Waals surface area contributed by atoms with Gasteiger partial charge in [-0.15, -0.1) is 0 Å². The van der Waals surface area contributed by atoms with Crippen LogP contribution in [0, 0.1) is 17.1 Å². The Morgan fingerprint density at radius 1 is 1.55 bits per heavy atom. The number of H-pyrrole nitrogens is 1. The SMILES string of the molecule is CC(CC#N)N(C)C(=O)Cc1c[nH]c2cc(F)ccc12. The van der Waals surface area contributed by atoms with Crippen molar-refractivity contribution in [2.75, 3.05) is 7.05 Å². The third-order valence-corrected chi connectivity index (χ3v) is 3.51. The van der Waals surface area contributed by atoms with Gasteiger partial charge in [0.15, 0.2) is 0 Å². The summed E-state index contributed by atoms with van der Waals surface area (Å²) in [6, 6.07) is 6.40. The minimum Gasteiger partial charge on any atom is -0.361 e. The van der Waals surface area contributed by atoms with Gasteiger partial charge in [-0.25, -0.2) is 4.39 Å². The Hall–Kier alpha value is -2.35. The van der Waals surface area contributed by atoms with Crippen molar-refractivity contribution in [3.05, 3.63) is 35.8 Å². The van der Waals surface area contributed by atoms with Crippen LogP contribution in [0.2, 0.25) is 0 Å². The highest BCUT2D eigenvalue weighted by Crippen LogP contribution is 2.20. The van der Waals surface area contributed by atoms with E-state index < -0.39 is 0 Å². The number of halogens is 1. The van der Waals surface area contributed by atoms with Gasteiger partial charge in [-0.2, -0.15) is 5.26 Å². The lowest BCUT2D eigenvalue weighted by Crippen LogP contribution is -2.35. The molecule has 1 atom stereocenters. The van der Waals surface area contributed by atoms with Crippen LogP contribution in [0.1, 0.15) is 18.9 Å². The summed E-state index contributed by atoms with van der Waals surface area (Å²) >= 11 is 0. The van der Waals surface area contributed by atoms with E-state index >= 15 is 0 Å². The second kappa shape index (κ2) is 5.74. The molecule has 2 rings (SSSR count). The van der Waals surface area contributed by atoms with Crippen LogP contribution < -0.4 is 0 Å². The van der Waals surface area contributed by atoms with Gasteiger partial charge in [0, 0.05) is 30.2 Å². The highest BCUT2D eigenvalue weighted by molar-refractivity contribution is 5.88. The molecule has 1 N–H and O–H groups in total. The van der Waals surface area contributed by atoms with Crippen LogP contribution in [0.25, 0.3) is 10.9 Å². The molecule has 0 aliphatic heterocycles. The van der Waals surface area contributed by atoms with Crippen molar-refractivity contribution in [2.45, 2.75) is 25.8 Å². The molecular weight excluding hydrogens is 257 g/mol. The van der Waals surface area contributed by atoms with E-state index in [0.29, 0.717) is 11.9 Å². The number of amides is 1. The van der Waals surface area contributed by atoms with E-state index in [1.54, 1.807) is 24.2 Å². The normalized spacial score (nSPS) is 12.1. The van der Waals surface area contributed by atoms with Crippen LogP contribution in [0.4, 0.5) is 4.39 Å². The van der Waals surface area contributed by atoms with Crippen molar-refractivity contribution in [2.24, 2.45) is 0 Å². The number of carbonyl (C=O) groups is 1. The fourth-order valence-corrected chi connectivity index (χ4v) is 2.11. The van der Waals surface area contributed by atoms with E-state index in [2.05, 4.69) is 11.1 Å². The molecule has 20 heavy (non-hydrogen) atoms.